The van der Waals surface area contributed by atoms with E-state index in [2.05, 4.69) is 10.3 Å². The van der Waals surface area contributed by atoms with Crippen LogP contribution in [0.25, 0.3) is 0 Å². The molecule has 1 saturated heterocycles. The molecule has 1 aliphatic heterocycles. The van der Waals surface area contributed by atoms with Crippen molar-refractivity contribution < 1.29 is 27.8 Å². The lowest BCUT2D eigenvalue weighted by atomic mass is 10.1. The van der Waals surface area contributed by atoms with E-state index in [9.17, 15) is 23.2 Å². The van der Waals surface area contributed by atoms with Gasteiger partial charge in [0, 0.05) is 6.42 Å². The highest BCUT2D eigenvalue weighted by molar-refractivity contribution is 5.78. The maximum atomic E-state index is 14.2. The molecule has 1 fully saturated rings. The van der Waals surface area contributed by atoms with Gasteiger partial charge in [0.15, 0.2) is 17.9 Å². The van der Waals surface area contributed by atoms with Crippen molar-refractivity contribution in [2.75, 3.05) is 12.3 Å². The number of amides is 1. The third kappa shape index (κ3) is 4.34. The predicted molar refractivity (Wildman–Crippen MR) is 85.1 cm³/mol. The van der Waals surface area contributed by atoms with Gasteiger partial charge < -0.3 is 20.5 Å². The van der Waals surface area contributed by atoms with Gasteiger partial charge in [-0.25, -0.2) is 18.4 Å². The van der Waals surface area contributed by atoms with Gasteiger partial charge in [0.25, 0.3) is 0 Å². The second-order valence-electron chi connectivity index (χ2n) is 6.20. The van der Waals surface area contributed by atoms with Crippen LogP contribution >= 0.6 is 0 Å². The summed E-state index contributed by atoms with van der Waals surface area (Å²) in [5.74, 6) is -2.46. The van der Waals surface area contributed by atoms with E-state index in [1.54, 1.807) is 13.8 Å². The number of nitrogens with two attached hydrogens (primary N) is 1. The smallest absolute Gasteiger partial charge is 0.351 e. The molecule has 4 unspecified atom stereocenters. The van der Waals surface area contributed by atoms with E-state index in [4.69, 9.17) is 15.2 Å². The summed E-state index contributed by atoms with van der Waals surface area (Å²) in [5.41, 5.74) is 4.23. The Labute approximate surface area is 147 Å². The zero-order valence-electron chi connectivity index (χ0n) is 14.2. The first-order chi connectivity index (χ1) is 12.2. The Kier molecular flexibility index (Phi) is 6.24. The van der Waals surface area contributed by atoms with Gasteiger partial charge in [0.2, 0.25) is 6.41 Å². The first-order valence-corrected chi connectivity index (χ1v) is 7.94. The normalized spacial score (nSPS) is 23.7. The van der Waals surface area contributed by atoms with Crippen LogP contribution in [0.4, 0.5) is 14.6 Å². The van der Waals surface area contributed by atoms with Crippen LogP contribution < -0.4 is 16.7 Å². The summed E-state index contributed by atoms with van der Waals surface area (Å²) in [6, 6.07) is -0.844. The summed E-state index contributed by atoms with van der Waals surface area (Å²) in [6.07, 6.45) is -2.92. The van der Waals surface area contributed by atoms with Crippen molar-refractivity contribution in [1.82, 2.24) is 14.9 Å². The Morgan fingerprint density at radius 1 is 1.62 bits per heavy atom. The predicted octanol–water partition coefficient (Wildman–Crippen LogP) is -0.0960. The highest BCUT2D eigenvalue weighted by Crippen LogP contribution is 2.31. The molecular weight excluding hydrogens is 354 g/mol. The van der Waals surface area contributed by atoms with Crippen LogP contribution in [0.1, 0.15) is 26.5 Å². The number of hydrogen-bond acceptors (Lipinski definition) is 7. The first-order valence-electron chi connectivity index (χ1n) is 7.94. The summed E-state index contributed by atoms with van der Waals surface area (Å²) < 4.78 is 38.8. The van der Waals surface area contributed by atoms with Crippen molar-refractivity contribution in [2.45, 2.75) is 44.8 Å². The monoisotopic (exact) mass is 374 g/mol. The number of nitrogens with one attached hydrogen (secondary N) is 1. The minimum absolute atomic E-state index is 0.163. The van der Waals surface area contributed by atoms with Crippen LogP contribution in [0.2, 0.25) is 0 Å². The maximum Gasteiger partial charge on any atom is 0.351 e. The molecule has 0 spiro atoms. The third-order valence-corrected chi connectivity index (χ3v) is 3.92. The van der Waals surface area contributed by atoms with Crippen LogP contribution in [-0.2, 0) is 19.1 Å². The van der Waals surface area contributed by atoms with Crippen molar-refractivity contribution in [3.05, 3.63) is 22.5 Å². The van der Waals surface area contributed by atoms with E-state index in [0.29, 0.717) is 11.0 Å². The van der Waals surface area contributed by atoms with Gasteiger partial charge in [0.1, 0.15) is 18.8 Å². The van der Waals surface area contributed by atoms with Crippen molar-refractivity contribution in [2.24, 2.45) is 5.92 Å². The zero-order chi connectivity index (χ0) is 19.4. The van der Waals surface area contributed by atoms with Gasteiger partial charge >= 0.3 is 11.7 Å². The summed E-state index contributed by atoms with van der Waals surface area (Å²) in [6.45, 7) is 3.16. The molecule has 0 aliphatic carbocycles. The number of carbonyl (C=O) groups is 2. The molecule has 0 saturated carbocycles. The molecule has 144 valence electrons. The topological polar surface area (TPSA) is 126 Å². The molecule has 1 amide bonds. The van der Waals surface area contributed by atoms with Crippen LogP contribution in [0.15, 0.2) is 11.0 Å². The van der Waals surface area contributed by atoms with Crippen LogP contribution in [-0.4, -0.2) is 46.9 Å². The molecule has 0 radical (unpaired) electrons. The van der Waals surface area contributed by atoms with E-state index in [0.717, 1.165) is 6.20 Å². The summed E-state index contributed by atoms with van der Waals surface area (Å²) in [4.78, 5) is 37.5. The number of carbonyl (C=O) groups excluding carboxylic acids is 2. The summed E-state index contributed by atoms with van der Waals surface area (Å²) in [5, 5.41) is 2.34. The molecule has 9 nitrogen and oxygen atoms in total. The number of aromatic nitrogens is 2. The lowest BCUT2D eigenvalue weighted by Gasteiger charge is -2.20. The van der Waals surface area contributed by atoms with Crippen molar-refractivity contribution >= 4 is 18.2 Å². The Morgan fingerprint density at radius 2 is 2.31 bits per heavy atom. The van der Waals surface area contributed by atoms with E-state index in [1.807, 2.05) is 0 Å². The average molecular weight is 374 g/mol. The van der Waals surface area contributed by atoms with Crippen molar-refractivity contribution in [1.29, 1.82) is 0 Å². The largest absolute Gasteiger partial charge is 0.461 e. The molecule has 1 aromatic rings. The van der Waals surface area contributed by atoms with Gasteiger partial charge in [-0.1, -0.05) is 13.8 Å². The minimum Gasteiger partial charge on any atom is -0.461 e. The van der Waals surface area contributed by atoms with Crippen molar-refractivity contribution in [3.63, 3.8) is 0 Å². The molecule has 1 aromatic heterocycles. The fourth-order valence-corrected chi connectivity index (χ4v) is 2.56. The number of nitrogen functional groups attached to an aromatic ring is 1. The number of alkyl halides is 1. The van der Waals surface area contributed by atoms with Gasteiger partial charge in [-0.15, -0.1) is 0 Å². The highest BCUT2D eigenvalue weighted by atomic mass is 19.1. The molecule has 3 N–H and O–H groups in total. The van der Waals surface area contributed by atoms with Gasteiger partial charge in [0.05, 0.1) is 12.3 Å². The Hall–Kier alpha value is -2.56. The second-order valence-corrected chi connectivity index (χ2v) is 6.20. The fraction of sp³-hybridized carbons (Fsp3) is 0.600. The standard InChI is InChI=1S/C15H20F2N4O5/c1-7(2)11(19-6-22)14(23)25-5-8-3-9(16)13(26-8)21-4-10(17)12(18)20-15(21)24/h4,6-9,11,13H,3,5H2,1-2H3,(H,19,22)(H2,18,20,24). The molecule has 0 aromatic carbocycles. The Morgan fingerprint density at radius 3 is 2.92 bits per heavy atom. The number of hydrogen-bond donors (Lipinski definition) is 2. The number of anilines is 1. The van der Waals surface area contributed by atoms with E-state index in [1.165, 1.54) is 0 Å². The zero-order valence-corrected chi connectivity index (χ0v) is 14.2. The lowest BCUT2D eigenvalue weighted by molar-refractivity contribution is -0.153. The SMILES string of the molecule is CC(C)C(NC=O)C(=O)OCC1CC(F)C(n2cc(F)c(N)nc2=O)O1. The van der Waals surface area contributed by atoms with Crippen LogP contribution in [0.5, 0.6) is 0 Å². The third-order valence-electron chi connectivity index (χ3n) is 3.92. The average Bonchev–Trinajstić information content (AvgIpc) is 2.94. The Balaban J connectivity index is 2.01. The molecule has 11 heteroatoms. The van der Waals surface area contributed by atoms with Gasteiger partial charge in [-0.2, -0.15) is 4.98 Å². The fourth-order valence-electron chi connectivity index (χ4n) is 2.56. The maximum absolute atomic E-state index is 14.2. The van der Waals surface area contributed by atoms with E-state index in [-0.39, 0.29) is 18.9 Å². The van der Waals surface area contributed by atoms with E-state index < -0.39 is 47.8 Å². The van der Waals surface area contributed by atoms with Gasteiger partial charge in [-0.05, 0) is 5.92 Å². The summed E-state index contributed by atoms with van der Waals surface area (Å²) >= 11 is 0. The molecule has 4 atom stereocenters. The number of rotatable bonds is 7. The molecule has 2 rings (SSSR count). The van der Waals surface area contributed by atoms with Crippen LogP contribution in [0, 0.1) is 11.7 Å². The molecular formula is C15H20F2N4O5. The van der Waals surface area contributed by atoms with Gasteiger partial charge in [-0.3, -0.25) is 9.36 Å². The van der Waals surface area contributed by atoms with Crippen molar-refractivity contribution in [3.8, 4) is 0 Å². The number of halogens is 2. The quantitative estimate of drug-likeness (QED) is 0.504. The number of ether oxygens (including phenoxy) is 2. The molecule has 26 heavy (non-hydrogen) atoms. The number of esters is 1. The van der Waals surface area contributed by atoms with Crippen LogP contribution in [0.3, 0.4) is 0 Å². The molecule has 1 aliphatic rings. The minimum atomic E-state index is -1.63. The lowest BCUT2D eigenvalue weighted by Crippen LogP contribution is -2.42. The molecule has 0 bridgehead atoms. The first kappa shape index (κ1) is 19.8. The highest BCUT2D eigenvalue weighted by Gasteiger charge is 2.38. The molecule has 2 heterocycles. The number of nitrogens with zero attached hydrogens (tertiary/aromatic N) is 2. The Bertz CT molecular complexity index is 726. The second kappa shape index (κ2) is 8.21. The summed E-state index contributed by atoms with van der Waals surface area (Å²) in [7, 11) is 0. The van der Waals surface area contributed by atoms with E-state index >= 15 is 0 Å².